The molecule has 130 valence electrons. The Morgan fingerprint density at radius 3 is 2.74 bits per heavy atom. The summed E-state index contributed by atoms with van der Waals surface area (Å²) in [5.41, 5.74) is 1.94. The van der Waals surface area contributed by atoms with Crippen molar-refractivity contribution in [2.24, 2.45) is 28.6 Å². The first-order valence-electron chi connectivity index (χ1n) is 9.49. The molecule has 0 amide bonds. The number of allylic oxidation sites excluding steroid dienone is 2. The van der Waals surface area contributed by atoms with E-state index in [4.69, 9.17) is 0 Å². The van der Waals surface area contributed by atoms with E-state index < -0.39 is 10.1 Å². The lowest BCUT2D eigenvalue weighted by Crippen LogP contribution is -2.51. The van der Waals surface area contributed by atoms with E-state index in [2.05, 4.69) is 13.0 Å². The average molecular weight is 339 g/mol. The highest BCUT2D eigenvalue weighted by atomic mass is 32.2. The molecule has 3 saturated carbocycles. The molecule has 1 N–H and O–H groups in total. The van der Waals surface area contributed by atoms with Gasteiger partial charge in [-0.2, -0.15) is 8.42 Å². The minimum absolute atomic E-state index is 0.00724. The topological polar surface area (TPSA) is 54.4 Å². The van der Waals surface area contributed by atoms with Crippen molar-refractivity contribution in [3.8, 4) is 0 Å². The van der Waals surface area contributed by atoms with Crippen LogP contribution in [0.3, 0.4) is 0 Å². The van der Waals surface area contributed by atoms with Gasteiger partial charge in [-0.25, -0.2) is 0 Å². The van der Waals surface area contributed by atoms with Crippen LogP contribution in [0.25, 0.3) is 0 Å². The average Bonchev–Trinajstić information content (AvgIpc) is 2.88. The minimum Gasteiger partial charge on any atom is -0.286 e. The molecule has 4 rings (SSSR count). The Hall–Kier alpha value is -0.350. The minimum atomic E-state index is -3.87. The van der Waals surface area contributed by atoms with Gasteiger partial charge in [-0.15, -0.1) is 0 Å². The molecule has 0 spiro atoms. The third-order valence-corrected chi connectivity index (χ3v) is 8.96. The zero-order chi connectivity index (χ0) is 16.3. The van der Waals surface area contributed by atoms with Crippen LogP contribution < -0.4 is 0 Å². The second-order valence-electron chi connectivity index (χ2n) is 8.97. The van der Waals surface area contributed by atoms with Crippen molar-refractivity contribution in [3.63, 3.8) is 0 Å². The lowest BCUT2D eigenvalue weighted by Gasteiger charge is -2.58. The molecule has 0 aromatic heterocycles. The summed E-state index contributed by atoms with van der Waals surface area (Å²) in [6, 6.07) is 0. The maximum atomic E-state index is 11.6. The summed E-state index contributed by atoms with van der Waals surface area (Å²) >= 11 is 0. The highest BCUT2D eigenvalue weighted by Crippen LogP contribution is 2.65. The van der Waals surface area contributed by atoms with E-state index in [9.17, 15) is 13.0 Å². The molecule has 3 nitrogen and oxygen atoms in total. The second-order valence-corrected chi connectivity index (χ2v) is 10.4. The van der Waals surface area contributed by atoms with E-state index in [0.717, 1.165) is 31.6 Å². The Labute approximate surface area is 140 Å². The molecule has 0 unspecified atom stereocenters. The Morgan fingerprint density at radius 2 is 1.96 bits per heavy atom. The van der Waals surface area contributed by atoms with Gasteiger partial charge in [0, 0.05) is 0 Å². The molecular formula is C19H30O3S. The Bertz CT molecular complexity index is 623. The summed E-state index contributed by atoms with van der Waals surface area (Å²) in [5.74, 6) is 1.94. The van der Waals surface area contributed by atoms with Gasteiger partial charge < -0.3 is 0 Å². The van der Waals surface area contributed by atoms with Gasteiger partial charge in [0.05, 0.1) is 5.75 Å². The molecule has 0 heterocycles. The second kappa shape index (κ2) is 5.32. The monoisotopic (exact) mass is 338 g/mol. The molecule has 0 aliphatic heterocycles. The molecule has 0 aromatic rings. The number of hydrogen-bond donors (Lipinski definition) is 1. The van der Waals surface area contributed by atoms with E-state index in [1.807, 2.05) is 0 Å². The van der Waals surface area contributed by atoms with Gasteiger partial charge in [0.1, 0.15) is 0 Å². The van der Waals surface area contributed by atoms with E-state index in [-0.39, 0.29) is 11.2 Å². The SMILES string of the molecule is C[C@]12CCCC=C1CC[C@H]1[C@@H]3CCC[C@@]3(CS(=O)(=O)O)CC[C@@H]12. The zero-order valence-corrected chi connectivity index (χ0v) is 15.1. The summed E-state index contributed by atoms with van der Waals surface area (Å²) in [5, 5.41) is 0. The van der Waals surface area contributed by atoms with Crippen LogP contribution in [0, 0.1) is 28.6 Å². The fraction of sp³-hybridized carbons (Fsp3) is 0.895. The Kier molecular flexibility index (Phi) is 3.73. The maximum absolute atomic E-state index is 11.6. The van der Waals surface area contributed by atoms with Gasteiger partial charge in [0.25, 0.3) is 10.1 Å². The van der Waals surface area contributed by atoms with Crippen LogP contribution in [-0.4, -0.2) is 18.7 Å². The van der Waals surface area contributed by atoms with Crippen molar-refractivity contribution in [1.82, 2.24) is 0 Å². The predicted molar refractivity (Wildman–Crippen MR) is 91.7 cm³/mol. The van der Waals surface area contributed by atoms with Crippen LogP contribution in [0.1, 0.15) is 71.1 Å². The molecule has 3 fully saturated rings. The summed E-state index contributed by atoms with van der Waals surface area (Å²) in [4.78, 5) is 0. The summed E-state index contributed by atoms with van der Waals surface area (Å²) < 4.78 is 32.8. The largest absolute Gasteiger partial charge is 0.286 e. The smallest absolute Gasteiger partial charge is 0.265 e. The van der Waals surface area contributed by atoms with E-state index in [1.54, 1.807) is 5.57 Å². The molecule has 4 heteroatoms. The van der Waals surface area contributed by atoms with Gasteiger partial charge in [0.2, 0.25) is 0 Å². The van der Waals surface area contributed by atoms with Gasteiger partial charge in [0.15, 0.2) is 0 Å². The lowest BCUT2D eigenvalue weighted by molar-refractivity contribution is -0.0350. The van der Waals surface area contributed by atoms with Crippen LogP contribution >= 0.6 is 0 Å². The van der Waals surface area contributed by atoms with Crippen LogP contribution in [0.15, 0.2) is 11.6 Å². The molecular weight excluding hydrogens is 308 g/mol. The summed E-state index contributed by atoms with van der Waals surface area (Å²) in [6.45, 7) is 2.49. The van der Waals surface area contributed by atoms with Gasteiger partial charge in [-0.3, -0.25) is 4.55 Å². The van der Waals surface area contributed by atoms with E-state index in [0.29, 0.717) is 17.3 Å². The van der Waals surface area contributed by atoms with Crippen LogP contribution in [-0.2, 0) is 10.1 Å². The van der Waals surface area contributed by atoms with Crippen molar-refractivity contribution in [3.05, 3.63) is 11.6 Å². The molecule has 0 bridgehead atoms. The van der Waals surface area contributed by atoms with Gasteiger partial charge in [-0.05, 0) is 86.4 Å². The molecule has 0 saturated heterocycles. The zero-order valence-electron chi connectivity index (χ0n) is 14.3. The molecule has 4 aliphatic carbocycles. The van der Waals surface area contributed by atoms with Crippen molar-refractivity contribution in [2.75, 3.05) is 5.75 Å². The summed E-state index contributed by atoms with van der Waals surface area (Å²) in [7, 11) is -3.87. The maximum Gasteiger partial charge on any atom is 0.265 e. The quantitative estimate of drug-likeness (QED) is 0.591. The number of rotatable bonds is 2. The molecule has 0 aromatic carbocycles. The van der Waals surface area contributed by atoms with E-state index >= 15 is 0 Å². The first-order chi connectivity index (χ1) is 10.8. The van der Waals surface area contributed by atoms with Crippen molar-refractivity contribution in [2.45, 2.75) is 71.1 Å². The van der Waals surface area contributed by atoms with Crippen molar-refractivity contribution >= 4 is 10.1 Å². The van der Waals surface area contributed by atoms with Crippen LogP contribution in [0.5, 0.6) is 0 Å². The highest BCUT2D eigenvalue weighted by molar-refractivity contribution is 7.85. The number of fused-ring (bicyclic) bond motifs is 5. The first kappa shape index (κ1) is 16.1. The first-order valence-corrected chi connectivity index (χ1v) is 11.1. The third-order valence-electron chi connectivity index (χ3n) is 8.02. The predicted octanol–water partition coefficient (Wildman–Crippen LogP) is 4.60. The highest BCUT2D eigenvalue weighted by Gasteiger charge is 2.58. The lowest BCUT2D eigenvalue weighted by atomic mass is 9.47. The van der Waals surface area contributed by atoms with Crippen LogP contribution in [0.2, 0.25) is 0 Å². The Balaban J connectivity index is 1.66. The summed E-state index contributed by atoms with van der Waals surface area (Å²) in [6.07, 6.45) is 14.3. The van der Waals surface area contributed by atoms with Crippen LogP contribution in [0.4, 0.5) is 0 Å². The van der Waals surface area contributed by atoms with Gasteiger partial charge in [-0.1, -0.05) is 25.0 Å². The van der Waals surface area contributed by atoms with E-state index in [1.165, 1.54) is 38.5 Å². The third kappa shape index (κ3) is 2.52. The fourth-order valence-corrected chi connectivity index (χ4v) is 8.39. The molecule has 0 radical (unpaired) electrons. The Morgan fingerprint density at radius 1 is 1.13 bits per heavy atom. The molecule has 4 aliphatic rings. The fourth-order valence-electron chi connectivity index (χ4n) is 7.16. The molecule has 23 heavy (non-hydrogen) atoms. The normalized spacial score (nSPS) is 46.5. The standard InChI is InChI=1S/C19H30O3S/c1-18-10-3-2-5-14(18)7-8-15-16(18)9-12-19(13-23(20,21)22)11-4-6-17(15)19/h5,15-17H,2-4,6-13H2,1H3,(H,20,21,22)/t15-,16+,17+,18+,19+/m1/s1. The van der Waals surface area contributed by atoms with Gasteiger partial charge >= 0.3 is 0 Å². The van der Waals surface area contributed by atoms with Crippen molar-refractivity contribution < 1.29 is 13.0 Å². The number of hydrogen-bond acceptors (Lipinski definition) is 2. The molecule has 5 atom stereocenters. The van der Waals surface area contributed by atoms with Crippen molar-refractivity contribution in [1.29, 1.82) is 0 Å².